The van der Waals surface area contributed by atoms with E-state index in [1.807, 2.05) is 0 Å². The molecule has 0 aliphatic rings. The fourth-order valence-electron chi connectivity index (χ4n) is 1.20. The van der Waals surface area contributed by atoms with Gasteiger partial charge < -0.3 is 11.1 Å². The number of rotatable bonds is 2. The second-order valence-corrected chi connectivity index (χ2v) is 3.29. The Kier molecular flexibility index (Phi) is 2.91. The van der Waals surface area contributed by atoms with E-state index in [9.17, 15) is 9.18 Å². The van der Waals surface area contributed by atoms with Gasteiger partial charge in [-0.2, -0.15) is 5.10 Å². The third-order valence-electron chi connectivity index (χ3n) is 2.01. The highest BCUT2D eigenvalue weighted by atomic mass is 19.1. The van der Waals surface area contributed by atoms with Gasteiger partial charge in [0.1, 0.15) is 5.82 Å². The molecule has 0 unspecified atom stereocenters. The van der Waals surface area contributed by atoms with Crippen molar-refractivity contribution < 1.29 is 9.18 Å². The molecule has 1 aromatic carbocycles. The number of urea groups is 1. The van der Waals surface area contributed by atoms with Crippen molar-refractivity contribution in [1.29, 1.82) is 0 Å². The average Bonchev–Trinajstić information content (AvgIpc) is 2.68. The molecule has 0 saturated heterocycles. The van der Waals surface area contributed by atoms with Gasteiger partial charge in [0.25, 0.3) is 0 Å². The largest absolute Gasteiger partial charge is 0.394 e. The zero-order valence-corrected chi connectivity index (χ0v) is 8.70. The van der Waals surface area contributed by atoms with Crippen molar-refractivity contribution >= 4 is 23.2 Å². The summed E-state index contributed by atoms with van der Waals surface area (Å²) in [5.41, 5.74) is 6.32. The van der Waals surface area contributed by atoms with Crippen molar-refractivity contribution in [2.24, 2.45) is 0 Å². The molecule has 0 spiro atoms. The Labute approximate surface area is 96.0 Å². The highest BCUT2D eigenvalue weighted by Gasteiger charge is 2.06. The first kappa shape index (κ1) is 10.9. The van der Waals surface area contributed by atoms with Gasteiger partial charge in [0, 0.05) is 5.69 Å². The minimum Gasteiger partial charge on any atom is -0.394 e. The number of aromatic amines is 1. The SMILES string of the molecule is Nc1cn[nH]c1NC(=O)Nc1ccc(F)cc1. The number of carbonyl (C=O) groups is 1. The number of hydrogen-bond acceptors (Lipinski definition) is 3. The number of nitrogen functional groups attached to an aromatic ring is 1. The number of aromatic nitrogens is 2. The monoisotopic (exact) mass is 235 g/mol. The minimum atomic E-state index is -0.493. The third kappa shape index (κ3) is 2.71. The Morgan fingerprint density at radius 1 is 1.29 bits per heavy atom. The van der Waals surface area contributed by atoms with Gasteiger partial charge in [-0.15, -0.1) is 0 Å². The summed E-state index contributed by atoms with van der Waals surface area (Å²) in [6.45, 7) is 0. The smallest absolute Gasteiger partial charge is 0.324 e. The van der Waals surface area contributed by atoms with Gasteiger partial charge in [0.15, 0.2) is 5.82 Å². The Hall–Kier alpha value is -2.57. The first-order valence-corrected chi connectivity index (χ1v) is 4.77. The molecule has 0 fully saturated rings. The number of H-pyrrole nitrogens is 1. The molecule has 2 aromatic rings. The molecule has 17 heavy (non-hydrogen) atoms. The molecule has 1 aromatic heterocycles. The molecule has 2 rings (SSSR count). The maximum atomic E-state index is 12.6. The number of amides is 2. The van der Waals surface area contributed by atoms with Crippen LogP contribution in [0.5, 0.6) is 0 Å². The summed E-state index contributed by atoms with van der Waals surface area (Å²) in [6.07, 6.45) is 1.38. The highest BCUT2D eigenvalue weighted by molar-refractivity contribution is 6.00. The molecule has 88 valence electrons. The molecule has 6 nitrogen and oxygen atoms in total. The number of benzene rings is 1. The summed E-state index contributed by atoms with van der Waals surface area (Å²) in [5, 5.41) is 11.2. The van der Waals surface area contributed by atoms with Crippen LogP contribution in [-0.2, 0) is 0 Å². The molecule has 1 heterocycles. The molecule has 0 bridgehead atoms. The van der Waals surface area contributed by atoms with Gasteiger partial charge in [-0.05, 0) is 24.3 Å². The Morgan fingerprint density at radius 3 is 2.59 bits per heavy atom. The fourth-order valence-corrected chi connectivity index (χ4v) is 1.20. The van der Waals surface area contributed by atoms with E-state index in [-0.39, 0.29) is 5.82 Å². The second-order valence-electron chi connectivity index (χ2n) is 3.29. The topological polar surface area (TPSA) is 95.8 Å². The molecule has 5 N–H and O–H groups in total. The second kappa shape index (κ2) is 4.52. The predicted molar refractivity (Wildman–Crippen MR) is 62.0 cm³/mol. The lowest BCUT2D eigenvalue weighted by molar-refractivity contribution is 0.262. The number of nitrogens with one attached hydrogen (secondary N) is 3. The molecule has 0 saturated carbocycles. The number of halogens is 1. The van der Waals surface area contributed by atoms with Gasteiger partial charge in [0.05, 0.1) is 11.9 Å². The molecule has 0 aliphatic carbocycles. The van der Waals surface area contributed by atoms with Gasteiger partial charge in [-0.1, -0.05) is 0 Å². The van der Waals surface area contributed by atoms with Crippen LogP contribution in [0.15, 0.2) is 30.5 Å². The minimum absolute atomic E-state index is 0.310. The van der Waals surface area contributed by atoms with E-state index in [4.69, 9.17) is 5.73 Å². The predicted octanol–water partition coefficient (Wildman–Crippen LogP) is 1.77. The van der Waals surface area contributed by atoms with Crippen molar-refractivity contribution in [2.75, 3.05) is 16.4 Å². The maximum absolute atomic E-state index is 12.6. The van der Waals surface area contributed by atoms with Crippen LogP contribution in [0, 0.1) is 5.82 Å². The average molecular weight is 235 g/mol. The van der Waals surface area contributed by atoms with Crippen molar-refractivity contribution in [3.8, 4) is 0 Å². The van der Waals surface area contributed by atoms with E-state index < -0.39 is 6.03 Å². The summed E-state index contributed by atoms with van der Waals surface area (Å²) in [7, 11) is 0. The first-order chi connectivity index (χ1) is 8.15. The van der Waals surface area contributed by atoms with Gasteiger partial charge in [-0.3, -0.25) is 10.4 Å². The van der Waals surface area contributed by atoms with Crippen LogP contribution in [-0.4, -0.2) is 16.2 Å². The van der Waals surface area contributed by atoms with Crippen molar-refractivity contribution in [3.05, 3.63) is 36.3 Å². The van der Waals surface area contributed by atoms with Crippen LogP contribution in [0.25, 0.3) is 0 Å². The van der Waals surface area contributed by atoms with Gasteiger partial charge in [0.2, 0.25) is 0 Å². The Bertz CT molecular complexity index is 522. The zero-order valence-electron chi connectivity index (χ0n) is 8.70. The standard InChI is InChI=1S/C10H10FN5O/c11-6-1-3-7(4-2-6)14-10(17)15-9-8(12)5-13-16-9/h1-5H,12H2,(H3,13,14,15,16,17). The molecule has 7 heteroatoms. The van der Waals surface area contributed by atoms with Crippen molar-refractivity contribution in [2.45, 2.75) is 0 Å². The zero-order chi connectivity index (χ0) is 12.3. The first-order valence-electron chi connectivity index (χ1n) is 4.77. The van der Waals surface area contributed by atoms with Gasteiger partial charge in [-0.25, -0.2) is 9.18 Å². The van der Waals surface area contributed by atoms with Crippen LogP contribution >= 0.6 is 0 Å². The van der Waals surface area contributed by atoms with Crippen LogP contribution in [0.4, 0.5) is 26.4 Å². The lowest BCUT2D eigenvalue weighted by Crippen LogP contribution is -2.20. The summed E-state index contributed by atoms with van der Waals surface area (Å²) in [5.74, 6) is -0.0571. The Morgan fingerprint density at radius 2 is 2.00 bits per heavy atom. The van der Waals surface area contributed by atoms with Crippen LogP contribution in [0.1, 0.15) is 0 Å². The highest BCUT2D eigenvalue weighted by Crippen LogP contribution is 2.13. The summed E-state index contributed by atoms with van der Waals surface area (Å²) in [6, 6.07) is 4.91. The third-order valence-corrected chi connectivity index (χ3v) is 2.01. The van der Waals surface area contributed by atoms with Crippen LogP contribution in [0.3, 0.4) is 0 Å². The normalized spacial score (nSPS) is 9.94. The van der Waals surface area contributed by atoms with E-state index >= 15 is 0 Å². The summed E-state index contributed by atoms with van der Waals surface area (Å²) < 4.78 is 12.6. The van der Waals surface area contributed by atoms with E-state index in [0.29, 0.717) is 17.2 Å². The fraction of sp³-hybridized carbons (Fsp3) is 0. The summed E-state index contributed by atoms with van der Waals surface area (Å²) in [4.78, 5) is 11.5. The quantitative estimate of drug-likeness (QED) is 0.638. The molecule has 2 amide bonds. The maximum Gasteiger partial charge on any atom is 0.324 e. The van der Waals surface area contributed by atoms with E-state index in [0.717, 1.165) is 0 Å². The van der Waals surface area contributed by atoms with Crippen LogP contribution < -0.4 is 16.4 Å². The number of hydrogen-bond donors (Lipinski definition) is 4. The number of nitrogens with two attached hydrogens (primary N) is 1. The van der Waals surface area contributed by atoms with Crippen LogP contribution in [0.2, 0.25) is 0 Å². The lowest BCUT2D eigenvalue weighted by Gasteiger charge is -2.06. The number of anilines is 3. The molecule has 0 aliphatic heterocycles. The van der Waals surface area contributed by atoms with Crippen molar-refractivity contribution in [1.82, 2.24) is 10.2 Å². The van der Waals surface area contributed by atoms with Crippen molar-refractivity contribution in [3.63, 3.8) is 0 Å². The van der Waals surface area contributed by atoms with E-state index in [2.05, 4.69) is 20.8 Å². The molecular weight excluding hydrogens is 225 g/mol. The molecule has 0 radical (unpaired) electrons. The van der Waals surface area contributed by atoms with E-state index in [1.54, 1.807) is 0 Å². The number of carbonyl (C=O) groups excluding carboxylic acids is 1. The Balaban J connectivity index is 1.98. The molecular formula is C10H10FN5O. The molecule has 0 atom stereocenters. The number of nitrogens with zero attached hydrogens (tertiary/aromatic N) is 1. The van der Waals surface area contributed by atoms with Gasteiger partial charge >= 0.3 is 6.03 Å². The summed E-state index contributed by atoms with van der Waals surface area (Å²) >= 11 is 0. The lowest BCUT2D eigenvalue weighted by atomic mass is 10.3. The van der Waals surface area contributed by atoms with E-state index in [1.165, 1.54) is 30.5 Å².